The highest BCUT2D eigenvalue weighted by Gasteiger charge is 2.25. The standard InChI is InChI=1S/C23H31N3O3S/c1-16(2)22-24-17(3)21(30-22)23(28)26-13-5-12-25(14-15-26)20(27)11-8-18-6-9-19(29-4)10-7-18/h6-7,9-10,16H,5,8,11-15H2,1-4H3. The van der Waals surface area contributed by atoms with E-state index in [2.05, 4.69) is 18.8 Å². The maximum absolute atomic E-state index is 13.0. The van der Waals surface area contributed by atoms with Gasteiger partial charge in [0.2, 0.25) is 5.91 Å². The Morgan fingerprint density at radius 3 is 2.40 bits per heavy atom. The summed E-state index contributed by atoms with van der Waals surface area (Å²) in [5.41, 5.74) is 1.93. The number of thiazole rings is 1. The van der Waals surface area contributed by atoms with Crippen LogP contribution in [-0.4, -0.2) is 59.9 Å². The van der Waals surface area contributed by atoms with Crippen molar-refractivity contribution in [3.05, 3.63) is 45.4 Å². The highest BCUT2D eigenvalue weighted by atomic mass is 32.1. The Morgan fingerprint density at radius 2 is 1.77 bits per heavy atom. The van der Waals surface area contributed by atoms with Crippen molar-refractivity contribution in [1.29, 1.82) is 0 Å². The van der Waals surface area contributed by atoms with Crippen LogP contribution in [0.15, 0.2) is 24.3 Å². The summed E-state index contributed by atoms with van der Waals surface area (Å²) in [6.07, 6.45) is 1.99. The zero-order valence-electron chi connectivity index (χ0n) is 18.3. The Hall–Kier alpha value is -2.41. The van der Waals surface area contributed by atoms with Crippen LogP contribution in [0.4, 0.5) is 0 Å². The van der Waals surface area contributed by atoms with Gasteiger partial charge in [0.25, 0.3) is 5.91 Å². The largest absolute Gasteiger partial charge is 0.497 e. The van der Waals surface area contributed by atoms with Gasteiger partial charge in [-0.25, -0.2) is 4.98 Å². The monoisotopic (exact) mass is 429 g/mol. The molecule has 1 fully saturated rings. The van der Waals surface area contributed by atoms with Crippen LogP contribution in [0.1, 0.15) is 58.5 Å². The molecule has 1 aliphatic heterocycles. The molecule has 6 nitrogen and oxygen atoms in total. The predicted octanol–water partition coefficient (Wildman–Crippen LogP) is 3.89. The van der Waals surface area contributed by atoms with E-state index < -0.39 is 0 Å². The average molecular weight is 430 g/mol. The molecule has 7 heteroatoms. The highest BCUT2D eigenvalue weighted by Crippen LogP contribution is 2.26. The van der Waals surface area contributed by atoms with Crippen LogP contribution < -0.4 is 4.74 Å². The summed E-state index contributed by atoms with van der Waals surface area (Å²) in [7, 11) is 1.64. The van der Waals surface area contributed by atoms with Gasteiger partial charge in [-0.3, -0.25) is 9.59 Å². The minimum Gasteiger partial charge on any atom is -0.497 e. The summed E-state index contributed by atoms with van der Waals surface area (Å²) >= 11 is 1.50. The van der Waals surface area contributed by atoms with Gasteiger partial charge >= 0.3 is 0 Å². The Balaban J connectivity index is 1.54. The Bertz CT molecular complexity index is 876. The molecule has 0 spiro atoms. The van der Waals surface area contributed by atoms with Gasteiger partial charge < -0.3 is 14.5 Å². The Labute approximate surface area is 182 Å². The Kier molecular flexibility index (Phi) is 7.48. The van der Waals surface area contributed by atoms with Crippen molar-refractivity contribution in [3.8, 4) is 5.75 Å². The smallest absolute Gasteiger partial charge is 0.265 e. The van der Waals surface area contributed by atoms with Crippen LogP contribution in [-0.2, 0) is 11.2 Å². The number of nitrogens with zero attached hydrogens (tertiary/aromatic N) is 3. The van der Waals surface area contributed by atoms with Crippen LogP contribution in [0.2, 0.25) is 0 Å². The SMILES string of the molecule is COc1ccc(CCC(=O)N2CCCN(C(=O)c3sc(C(C)C)nc3C)CC2)cc1. The first-order valence-electron chi connectivity index (χ1n) is 10.6. The van der Waals surface area contributed by atoms with E-state index in [1.165, 1.54) is 11.3 Å². The topological polar surface area (TPSA) is 62.7 Å². The lowest BCUT2D eigenvalue weighted by molar-refractivity contribution is -0.131. The zero-order valence-corrected chi connectivity index (χ0v) is 19.1. The second kappa shape index (κ2) is 10.1. The van der Waals surface area contributed by atoms with E-state index in [1.807, 2.05) is 41.0 Å². The number of amides is 2. The van der Waals surface area contributed by atoms with Crippen molar-refractivity contribution in [1.82, 2.24) is 14.8 Å². The summed E-state index contributed by atoms with van der Waals surface area (Å²) in [5, 5.41) is 1.00. The van der Waals surface area contributed by atoms with E-state index in [-0.39, 0.29) is 11.8 Å². The van der Waals surface area contributed by atoms with E-state index in [1.54, 1.807) is 7.11 Å². The molecule has 2 amide bonds. The summed E-state index contributed by atoms with van der Waals surface area (Å²) in [4.78, 5) is 34.8. The van der Waals surface area contributed by atoms with Gasteiger partial charge in [0, 0.05) is 38.5 Å². The van der Waals surface area contributed by atoms with E-state index in [9.17, 15) is 9.59 Å². The number of carbonyl (C=O) groups is 2. The molecule has 30 heavy (non-hydrogen) atoms. The van der Waals surface area contributed by atoms with Crippen LogP contribution >= 0.6 is 11.3 Å². The number of hydrogen-bond acceptors (Lipinski definition) is 5. The average Bonchev–Trinajstić information content (AvgIpc) is 2.97. The van der Waals surface area contributed by atoms with E-state index in [0.717, 1.165) is 33.3 Å². The fraction of sp³-hybridized carbons (Fsp3) is 0.522. The molecular weight excluding hydrogens is 398 g/mol. The number of aromatic nitrogens is 1. The van der Waals surface area contributed by atoms with Crippen molar-refractivity contribution < 1.29 is 14.3 Å². The van der Waals surface area contributed by atoms with Crippen molar-refractivity contribution in [2.75, 3.05) is 33.3 Å². The predicted molar refractivity (Wildman–Crippen MR) is 119 cm³/mol. The molecule has 0 bridgehead atoms. The third-order valence-electron chi connectivity index (χ3n) is 5.42. The molecule has 1 saturated heterocycles. The first kappa shape index (κ1) is 22.3. The van der Waals surface area contributed by atoms with Crippen molar-refractivity contribution >= 4 is 23.2 Å². The quantitative estimate of drug-likeness (QED) is 0.699. The fourth-order valence-corrected chi connectivity index (χ4v) is 4.61. The molecule has 1 aromatic heterocycles. The summed E-state index contributed by atoms with van der Waals surface area (Å²) in [5.74, 6) is 1.33. The number of methoxy groups -OCH3 is 1. The van der Waals surface area contributed by atoms with Crippen molar-refractivity contribution in [2.45, 2.75) is 46.0 Å². The fourth-order valence-electron chi connectivity index (χ4n) is 3.58. The number of ether oxygens (including phenoxy) is 1. The molecule has 0 saturated carbocycles. The van der Waals surface area contributed by atoms with Gasteiger partial charge in [0.15, 0.2) is 0 Å². The lowest BCUT2D eigenvalue weighted by Gasteiger charge is -2.22. The number of benzene rings is 1. The first-order valence-corrected chi connectivity index (χ1v) is 11.4. The molecule has 2 aromatic rings. The third kappa shape index (κ3) is 5.39. The molecule has 0 aliphatic carbocycles. The zero-order chi connectivity index (χ0) is 21.7. The number of aryl methyl sites for hydroxylation is 2. The minimum absolute atomic E-state index is 0.0458. The van der Waals surface area contributed by atoms with Crippen LogP contribution in [0.3, 0.4) is 0 Å². The van der Waals surface area contributed by atoms with E-state index in [4.69, 9.17) is 4.74 Å². The van der Waals surface area contributed by atoms with Gasteiger partial charge in [-0.05, 0) is 37.5 Å². The van der Waals surface area contributed by atoms with Crippen LogP contribution in [0, 0.1) is 6.92 Å². The molecule has 1 aromatic carbocycles. The molecule has 0 radical (unpaired) electrons. The van der Waals surface area contributed by atoms with Crippen LogP contribution in [0.5, 0.6) is 5.75 Å². The van der Waals surface area contributed by atoms with E-state index >= 15 is 0 Å². The number of carbonyl (C=O) groups excluding carboxylic acids is 2. The van der Waals surface area contributed by atoms with Crippen molar-refractivity contribution in [2.24, 2.45) is 0 Å². The normalized spacial score (nSPS) is 14.7. The van der Waals surface area contributed by atoms with Gasteiger partial charge in [-0.15, -0.1) is 11.3 Å². The maximum Gasteiger partial charge on any atom is 0.265 e. The van der Waals surface area contributed by atoms with Crippen molar-refractivity contribution in [3.63, 3.8) is 0 Å². The third-order valence-corrected chi connectivity index (χ3v) is 6.87. The maximum atomic E-state index is 13.0. The lowest BCUT2D eigenvalue weighted by Crippen LogP contribution is -2.37. The number of rotatable bonds is 6. The van der Waals surface area contributed by atoms with Gasteiger partial charge in [0.1, 0.15) is 10.6 Å². The number of hydrogen-bond donors (Lipinski definition) is 0. The molecular formula is C23H31N3O3S. The first-order chi connectivity index (χ1) is 14.4. The second-order valence-corrected chi connectivity index (χ2v) is 9.03. The molecule has 1 aliphatic rings. The summed E-state index contributed by atoms with van der Waals surface area (Å²) < 4.78 is 5.17. The van der Waals surface area contributed by atoms with Crippen LogP contribution in [0.25, 0.3) is 0 Å². The molecule has 2 heterocycles. The van der Waals surface area contributed by atoms with E-state index in [0.29, 0.717) is 44.9 Å². The molecule has 0 atom stereocenters. The second-order valence-electron chi connectivity index (χ2n) is 8.00. The lowest BCUT2D eigenvalue weighted by atomic mass is 10.1. The molecule has 3 rings (SSSR count). The molecule has 0 N–H and O–H groups in total. The summed E-state index contributed by atoms with van der Waals surface area (Å²) in [6, 6.07) is 7.83. The van der Waals surface area contributed by atoms with Gasteiger partial charge in [-0.2, -0.15) is 0 Å². The summed E-state index contributed by atoms with van der Waals surface area (Å²) in [6.45, 7) is 8.62. The molecule has 162 valence electrons. The van der Waals surface area contributed by atoms with Gasteiger partial charge in [0.05, 0.1) is 17.8 Å². The molecule has 0 unspecified atom stereocenters. The Morgan fingerprint density at radius 1 is 1.10 bits per heavy atom. The van der Waals surface area contributed by atoms with Gasteiger partial charge in [-0.1, -0.05) is 26.0 Å². The highest BCUT2D eigenvalue weighted by molar-refractivity contribution is 7.13. The minimum atomic E-state index is 0.0458.